The summed E-state index contributed by atoms with van der Waals surface area (Å²) >= 11 is 0. The van der Waals surface area contributed by atoms with Gasteiger partial charge in [-0.1, -0.05) is 12.1 Å². The number of esters is 1. The number of hydrogen-bond donors (Lipinski definition) is 0. The first-order valence-electron chi connectivity index (χ1n) is 7.68. The molecular weight excluding hydrogens is 282 g/mol. The SMILES string of the molecule is COC(=O)c1ccccc1N1C(=O)[C@@H]2[C@H]3CC[C@@H](C3)[C@H]2C1=O. The molecule has 3 fully saturated rings. The third kappa shape index (κ3) is 1.62. The average Bonchev–Trinajstić information content (AvgIpc) is 3.21. The van der Waals surface area contributed by atoms with Crippen LogP contribution < -0.4 is 4.90 Å². The Bertz CT molecular complexity index is 655. The first-order valence-corrected chi connectivity index (χ1v) is 7.68. The summed E-state index contributed by atoms with van der Waals surface area (Å²) in [5, 5.41) is 0. The number of hydrogen-bond acceptors (Lipinski definition) is 4. The van der Waals surface area contributed by atoms with Crippen molar-refractivity contribution in [1.82, 2.24) is 0 Å². The molecule has 4 atom stereocenters. The van der Waals surface area contributed by atoms with Crippen molar-refractivity contribution in [2.24, 2.45) is 23.7 Å². The molecule has 5 nitrogen and oxygen atoms in total. The van der Waals surface area contributed by atoms with Gasteiger partial charge in [-0.2, -0.15) is 0 Å². The minimum absolute atomic E-state index is 0.140. The molecule has 1 heterocycles. The molecule has 5 heteroatoms. The highest BCUT2D eigenvalue weighted by Gasteiger charge is 2.61. The van der Waals surface area contributed by atoms with Gasteiger partial charge in [-0.25, -0.2) is 9.69 Å². The zero-order chi connectivity index (χ0) is 15.4. The molecule has 1 aromatic rings. The molecule has 1 saturated heterocycles. The number of carbonyl (C=O) groups is 3. The number of rotatable bonds is 2. The highest BCUT2D eigenvalue weighted by atomic mass is 16.5. The summed E-state index contributed by atoms with van der Waals surface area (Å²) in [6, 6.07) is 6.66. The predicted molar refractivity (Wildman–Crippen MR) is 78.1 cm³/mol. The number of ether oxygens (including phenoxy) is 1. The van der Waals surface area contributed by atoms with E-state index in [-0.39, 0.29) is 29.2 Å². The van der Waals surface area contributed by atoms with Crippen molar-refractivity contribution in [2.45, 2.75) is 19.3 Å². The highest BCUT2D eigenvalue weighted by Crippen LogP contribution is 2.56. The molecule has 114 valence electrons. The monoisotopic (exact) mass is 299 g/mol. The van der Waals surface area contributed by atoms with E-state index in [9.17, 15) is 14.4 Å². The van der Waals surface area contributed by atoms with Crippen LogP contribution in [0.1, 0.15) is 29.6 Å². The largest absolute Gasteiger partial charge is 0.465 e. The van der Waals surface area contributed by atoms with E-state index in [1.165, 1.54) is 12.0 Å². The van der Waals surface area contributed by atoms with Gasteiger partial charge in [-0.05, 0) is 43.2 Å². The fraction of sp³-hybridized carbons (Fsp3) is 0.471. The number of methoxy groups -OCH3 is 1. The first kappa shape index (κ1) is 13.5. The van der Waals surface area contributed by atoms with Gasteiger partial charge in [0.15, 0.2) is 0 Å². The topological polar surface area (TPSA) is 63.7 Å². The quantitative estimate of drug-likeness (QED) is 0.619. The highest BCUT2D eigenvalue weighted by molar-refractivity contribution is 6.24. The Balaban J connectivity index is 1.77. The smallest absolute Gasteiger partial charge is 0.339 e. The second-order valence-electron chi connectivity index (χ2n) is 6.41. The molecule has 0 N–H and O–H groups in total. The van der Waals surface area contributed by atoms with Crippen molar-refractivity contribution in [2.75, 3.05) is 12.0 Å². The molecule has 0 radical (unpaired) electrons. The predicted octanol–water partition coefficient (Wildman–Crippen LogP) is 2.01. The van der Waals surface area contributed by atoms with Crippen molar-refractivity contribution in [3.05, 3.63) is 29.8 Å². The Morgan fingerprint density at radius 2 is 1.68 bits per heavy atom. The molecule has 0 spiro atoms. The summed E-state index contributed by atoms with van der Waals surface area (Å²) in [5.74, 6) is -0.509. The Labute approximate surface area is 128 Å². The third-order valence-corrected chi connectivity index (χ3v) is 5.48. The Kier molecular flexibility index (Phi) is 2.86. The molecule has 2 aliphatic carbocycles. The average molecular weight is 299 g/mol. The maximum atomic E-state index is 12.8. The van der Waals surface area contributed by atoms with Crippen molar-refractivity contribution in [3.63, 3.8) is 0 Å². The number of anilines is 1. The third-order valence-electron chi connectivity index (χ3n) is 5.48. The zero-order valence-electron chi connectivity index (χ0n) is 12.3. The lowest BCUT2D eigenvalue weighted by Gasteiger charge is -2.19. The van der Waals surface area contributed by atoms with Crippen molar-refractivity contribution in [3.8, 4) is 0 Å². The van der Waals surface area contributed by atoms with Gasteiger partial charge in [0, 0.05) is 0 Å². The Hall–Kier alpha value is -2.17. The van der Waals surface area contributed by atoms with E-state index in [0.29, 0.717) is 17.5 Å². The summed E-state index contributed by atoms with van der Waals surface area (Å²) in [4.78, 5) is 38.8. The van der Waals surface area contributed by atoms with Gasteiger partial charge in [0.2, 0.25) is 11.8 Å². The summed E-state index contributed by atoms with van der Waals surface area (Å²) in [6.07, 6.45) is 3.08. The van der Waals surface area contributed by atoms with Gasteiger partial charge < -0.3 is 4.74 Å². The first-order chi connectivity index (χ1) is 10.6. The van der Waals surface area contributed by atoms with Crippen LogP contribution in [0, 0.1) is 23.7 Å². The molecule has 2 bridgehead atoms. The minimum atomic E-state index is -0.531. The van der Waals surface area contributed by atoms with E-state index in [0.717, 1.165) is 19.3 Å². The second-order valence-corrected chi connectivity index (χ2v) is 6.41. The standard InChI is InChI=1S/C17H17NO4/c1-22-17(21)11-4-2-3-5-12(11)18-15(19)13-9-6-7-10(8-9)14(13)16(18)20/h2-5,9-10,13-14H,6-8H2,1H3/t9-,10-,13+,14+/m0/s1. The molecule has 1 aromatic carbocycles. The number of carbonyl (C=O) groups excluding carboxylic acids is 3. The van der Waals surface area contributed by atoms with E-state index in [2.05, 4.69) is 0 Å². The van der Waals surface area contributed by atoms with E-state index in [1.807, 2.05) is 0 Å². The lowest BCUT2D eigenvalue weighted by molar-refractivity contribution is -0.123. The van der Waals surface area contributed by atoms with E-state index in [1.54, 1.807) is 24.3 Å². The van der Waals surface area contributed by atoms with Crippen LogP contribution >= 0.6 is 0 Å². The number of imide groups is 1. The fourth-order valence-corrected chi connectivity index (χ4v) is 4.60. The van der Waals surface area contributed by atoms with Crippen LogP contribution in [0.25, 0.3) is 0 Å². The van der Waals surface area contributed by atoms with E-state index in [4.69, 9.17) is 4.74 Å². The van der Waals surface area contributed by atoms with Crippen molar-refractivity contribution in [1.29, 1.82) is 0 Å². The molecule has 2 amide bonds. The number of benzene rings is 1. The van der Waals surface area contributed by atoms with Crippen LogP contribution in [0.3, 0.4) is 0 Å². The minimum Gasteiger partial charge on any atom is -0.465 e. The molecule has 0 unspecified atom stereocenters. The van der Waals surface area contributed by atoms with Crippen LogP contribution in [-0.2, 0) is 14.3 Å². The zero-order valence-corrected chi connectivity index (χ0v) is 12.3. The molecule has 1 aliphatic heterocycles. The van der Waals surface area contributed by atoms with E-state index >= 15 is 0 Å². The molecule has 2 saturated carbocycles. The lowest BCUT2D eigenvalue weighted by atomic mass is 9.81. The molecule has 4 rings (SSSR count). The van der Waals surface area contributed by atoms with Crippen LogP contribution in [0.5, 0.6) is 0 Å². The van der Waals surface area contributed by atoms with Crippen LogP contribution in [0.15, 0.2) is 24.3 Å². The maximum Gasteiger partial charge on any atom is 0.339 e. The van der Waals surface area contributed by atoms with Gasteiger partial charge >= 0.3 is 5.97 Å². The summed E-state index contributed by atoms with van der Waals surface area (Å²) < 4.78 is 4.77. The van der Waals surface area contributed by atoms with Crippen molar-refractivity contribution < 1.29 is 19.1 Å². The fourth-order valence-electron chi connectivity index (χ4n) is 4.60. The van der Waals surface area contributed by atoms with Crippen LogP contribution in [0.2, 0.25) is 0 Å². The van der Waals surface area contributed by atoms with Crippen LogP contribution in [-0.4, -0.2) is 24.9 Å². The maximum absolute atomic E-state index is 12.8. The molecule has 0 aromatic heterocycles. The van der Waals surface area contributed by atoms with Gasteiger partial charge in [0.25, 0.3) is 0 Å². The second kappa shape index (κ2) is 4.66. The van der Waals surface area contributed by atoms with Gasteiger partial charge in [-0.15, -0.1) is 0 Å². The molecule has 3 aliphatic rings. The Morgan fingerprint density at radius 3 is 2.27 bits per heavy atom. The Morgan fingerprint density at radius 1 is 1.09 bits per heavy atom. The summed E-state index contributed by atoms with van der Waals surface area (Å²) in [6.45, 7) is 0. The summed E-state index contributed by atoms with van der Waals surface area (Å²) in [7, 11) is 1.29. The molecule has 22 heavy (non-hydrogen) atoms. The van der Waals surface area contributed by atoms with Crippen LogP contribution in [0.4, 0.5) is 5.69 Å². The normalized spacial score (nSPS) is 32.5. The number of nitrogens with zero attached hydrogens (tertiary/aromatic N) is 1. The lowest BCUT2D eigenvalue weighted by Crippen LogP contribution is -2.34. The van der Waals surface area contributed by atoms with Gasteiger partial charge in [0.1, 0.15) is 0 Å². The number of fused-ring (bicyclic) bond motifs is 5. The molecular formula is C17H17NO4. The van der Waals surface area contributed by atoms with Gasteiger partial charge in [-0.3, -0.25) is 9.59 Å². The number of para-hydroxylation sites is 1. The van der Waals surface area contributed by atoms with E-state index < -0.39 is 5.97 Å². The van der Waals surface area contributed by atoms with Crippen molar-refractivity contribution >= 4 is 23.5 Å². The van der Waals surface area contributed by atoms with Gasteiger partial charge in [0.05, 0.1) is 30.2 Å². The summed E-state index contributed by atoms with van der Waals surface area (Å²) in [5.41, 5.74) is 0.622. The number of amides is 2.